The summed E-state index contributed by atoms with van der Waals surface area (Å²) in [5, 5.41) is 10.3. The van der Waals surface area contributed by atoms with Crippen molar-refractivity contribution in [1.82, 2.24) is 9.97 Å². The Balaban J connectivity index is 2.43. The van der Waals surface area contributed by atoms with Gasteiger partial charge in [-0.25, -0.2) is 4.79 Å². The highest BCUT2D eigenvalue weighted by Gasteiger charge is 2.08. The van der Waals surface area contributed by atoms with E-state index in [1.54, 1.807) is 17.6 Å². The number of aromatic amines is 2. The topological polar surface area (TPSA) is 68.9 Å². The summed E-state index contributed by atoms with van der Waals surface area (Å²) < 4.78 is 0.533. The van der Waals surface area contributed by atoms with Gasteiger partial charge in [-0.15, -0.1) is 11.3 Å². The van der Waals surface area contributed by atoms with Crippen LogP contribution in [0.15, 0.2) is 17.6 Å². The zero-order valence-corrected chi connectivity index (χ0v) is 8.54. The molecule has 14 heavy (non-hydrogen) atoms. The second-order valence-electron chi connectivity index (χ2n) is 2.66. The van der Waals surface area contributed by atoms with Crippen molar-refractivity contribution in [3.8, 4) is 10.6 Å². The molecule has 0 saturated carbocycles. The van der Waals surface area contributed by atoms with Crippen LogP contribution in [-0.4, -0.2) is 21.0 Å². The van der Waals surface area contributed by atoms with Gasteiger partial charge in [0, 0.05) is 11.6 Å². The number of hydrogen-bond donors (Lipinski definition) is 3. The number of aromatic carboxylic acids is 1. The minimum absolute atomic E-state index is 0.297. The molecule has 2 aromatic heterocycles. The standard InChI is InChI=1S/C8H6N2O2S2/c11-7(12)4-1-6(14-3-4)5-2-9-8(13)10-5/h1-3H,(H,11,12)(H2,9,10,13). The van der Waals surface area contributed by atoms with Gasteiger partial charge in [0.15, 0.2) is 4.77 Å². The van der Waals surface area contributed by atoms with E-state index in [2.05, 4.69) is 9.97 Å². The van der Waals surface area contributed by atoms with Crippen LogP contribution in [0.5, 0.6) is 0 Å². The van der Waals surface area contributed by atoms with E-state index in [1.807, 2.05) is 0 Å². The monoisotopic (exact) mass is 226 g/mol. The van der Waals surface area contributed by atoms with E-state index in [1.165, 1.54) is 11.3 Å². The lowest BCUT2D eigenvalue weighted by atomic mass is 10.3. The molecule has 0 aromatic carbocycles. The van der Waals surface area contributed by atoms with Crippen LogP contribution in [0.1, 0.15) is 10.4 Å². The fourth-order valence-corrected chi connectivity index (χ4v) is 2.08. The highest BCUT2D eigenvalue weighted by Crippen LogP contribution is 2.25. The summed E-state index contributed by atoms with van der Waals surface area (Å²) in [6.45, 7) is 0. The minimum atomic E-state index is -0.915. The number of H-pyrrole nitrogens is 2. The Morgan fingerprint density at radius 3 is 2.86 bits per heavy atom. The SMILES string of the molecule is O=C(O)c1csc(-c2c[nH]c(=S)[nH]2)c1. The molecule has 0 spiro atoms. The first-order valence-corrected chi connectivity index (χ1v) is 5.05. The highest BCUT2D eigenvalue weighted by molar-refractivity contribution is 7.71. The van der Waals surface area contributed by atoms with E-state index in [4.69, 9.17) is 17.3 Å². The van der Waals surface area contributed by atoms with Crippen molar-refractivity contribution in [1.29, 1.82) is 0 Å². The van der Waals surface area contributed by atoms with Crippen LogP contribution >= 0.6 is 23.6 Å². The number of carbonyl (C=O) groups is 1. The van der Waals surface area contributed by atoms with Crippen LogP contribution in [0.2, 0.25) is 0 Å². The van der Waals surface area contributed by atoms with Crippen LogP contribution in [-0.2, 0) is 0 Å². The summed E-state index contributed by atoms with van der Waals surface area (Å²) >= 11 is 6.23. The third kappa shape index (κ3) is 1.61. The summed E-state index contributed by atoms with van der Waals surface area (Å²) in [5.41, 5.74) is 1.11. The van der Waals surface area contributed by atoms with E-state index in [0.717, 1.165) is 10.6 Å². The number of imidazole rings is 1. The molecule has 2 aromatic rings. The molecule has 0 aliphatic rings. The number of hydrogen-bond acceptors (Lipinski definition) is 3. The van der Waals surface area contributed by atoms with E-state index in [9.17, 15) is 4.79 Å². The third-order valence-corrected chi connectivity index (χ3v) is 2.89. The van der Waals surface area contributed by atoms with Crippen molar-refractivity contribution >= 4 is 29.5 Å². The maximum atomic E-state index is 10.6. The molecule has 6 heteroatoms. The number of rotatable bonds is 2. The number of thiophene rings is 1. The fourth-order valence-electron chi connectivity index (χ4n) is 1.05. The minimum Gasteiger partial charge on any atom is -0.478 e. The Kier molecular flexibility index (Phi) is 2.22. The third-order valence-electron chi connectivity index (χ3n) is 1.71. The molecule has 2 heterocycles. The highest BCUT2D eigenvalue weighted by atomic mass is 32.1. The molecule has 0 unspecified atom stereocenters. The molecule has 3 N–H and O–H groups in total. The van der Waals surface area contributed by atoms with Gasteiger partial charge in [-0.05, 0) is 18.3 Å². The molecule has 0 aliphatic carbocycles. The van der Waals surface area contributed by atoms with Crippen molar-refractivity contribution in [2.75, 3.05) is 0 Å². The van der Waals surface area contributed by atoms with Gasteiger partial charge in [-0.1, -0.05) is 0 Å². The number of aromatic nitrogens is 2. The molecule has 4 nitrogen and oxygen atoms in total. The van der Waals surface area contributed by atoms with Gasteiger partial charge in [0.05, 0.1) is 16.1 Å². The lowest BCUT2D eigenvalue weighted by Crippen LogP contribution is -1.91. The van der Waals surface area contributed by atoms with Crippen LogP contribution < -0.4 is 0 Å². The largest absolute Gasteiger partial charge is 0.478 e. The quantitative estimate of drug-likeness (QED) is 0.689. The molecular weight excluding hydrogens is 220 g/mol. The molecule has 2 rings (SSSR count). The lowest BCUT2D eigenvalue weighted by molar-refractivity contribution is 0.0697. The van der Waals surface area contributed by atoms with Crippen LogP contribution in [0.3, 0.4) is 0 Å². The van der Waals surface area contributed by atoms with E-state index in [-0.39, 0.29) is 0 Å². The Labute approximate surface area is 88.2 Å². The molecule has 0 aliphatic heterocycles. The van der Waals surface area contributed by atoms with Crippen molar-refractivity contribution in [2.24, 2.45) is 0 Å². The Hall–Kier alpha value is -1.40. The first-order valence-electron chi connectivity index (χ1n) is 3.77. The molecule has 0 saturated heterocycles. The Morgan fingerprint density at radius 1 is 1.57 bits per heavy atom. The van der Waals surface area contributed by atoms with Crippen molar-refractivity contribution < 1.29 is 9.90 Å². The maximum Gasteiger partial charge on any atom is 0.336 e. The normalized spacial score (nSPS) is 10.3. The summed E-state index contributed by atoms with van der Waals surface area (Å²) in [7, 11) is 0. The smallest absolute Gasteiger partial charge is 0.336 e. The molecule has 0 radical (unpaired) electrons. The van der Waals surface area contributed by atoms with Crippen molar-refractivity contribution in [3.63, 3.8) is 0 Å². The average Bonchev–Trinajstić information content (AvgIpc) is 2.70. The zero-order chi connectivity index (χ0) is 10.1. The van der Waals surface area contributed by atoms with Crippen LogP contribution in [0, 0.1) is 4.77 Å². The predicted octanol–water partition coefficient (Wildman–Crippen LogP) is 2.50. The lowest BCUT2D eigenvalue weighted by Gasteiger charge is -1.87. The van der Waals surface area contributed by atoms with Crippen molar-refractivity contribution in [3.05, 3.63) is 28.0 Å². The van der Waals surface area contributed by atoms with Gasteiger partial charge in [0.1, 0.15) is 0 Å². The second-order valence-corrected chi connectivity index (χ2v) is 3.98. The van der Waals surface area contributed by atoms with E-state index >= 15 is 0 Å². The van der Waals surface area contributed by atoms with Gasteiger partial charge in [-0.3, -0.25) is 0 Å². The molecule has 72 valence electrons. The Bertz CT molecular complexity index is 523. The molecular formula is C8H6N2O2S2. The zero-order valence-electron chi connectivity index (χ0n) is 6.90. The maximum absolute atomic E-state index is 10.6. The number of carboxylic acids is 1. The second kappa shape index (κ2) is 3.39. The van der Waals surface area contributed by atoms with E-state index in [0.29, 0.717) is 10.3 Å². The molecule has 0 fully saturated rings. The first kappa shape index (κ1) is 9.17. The van der Waals surface area contributed by atoms with Gasteiger partial charge in [0.25, 0.3) is 0 Å². The summed E-state index contributed by atoms with van der Waals surface area (Å²) in [6, 6.07) is 1.61. The van der Waals surface area contributed by atoms with E-state index < -0.39 is 5.97 Å². The first-order chi connectivity index (χ1) is 6.66. The fraction of sp³-hybridized carbons (Fsp3) is 0. The number of nitrogens with one attached hydrogen (secondary N) is 2. The molecule has 0 bridgehead atoms. The van der Waals surface area contributed by atoms with Gasteiger partial charge < -0.3 is 15.1 Å². The average molecular weight is 226 g/mol. The van der Waals surface area contributed by atoms with Crippen LogP contribution in [0.4, 0.5) is 0 Å². The molecule has 0 amide bonds. The number of carboxylic acid groups (broad SMARTS) is 1. The van der Waals surface area contributed by atoms with Gasteiger partial charge in [0.2, 0.25) is 0 Å². The van der Waals surface area contributed by atoms with Gasteiger partial charge in [-0.2, -0.15) is 0 Å². The predicted molar refractivity (Wildman–Crippen MR) is 56.2 cm³/mol. The van der Waals surface area contributed by atoms with Crippen molar-refractivity contribution in [2.45, 2.75) is 0 Å². The summed E-state index contributed by atoms with van der Waals surface area (Å²) in [6.07, 6.45) is 1.72. The summed E-state index contributed by atoms with van der Waals surface area (Å²) in [4.78, 5) is 17.2. The van der Waals surface area contributed by atoms with Crippen LogP contribution in [0.25, 0.3) is 10.6 Å². The molecule has 0 atom stereocenters. The summed E-state index contributed by atoms with van der Waals surface area (Å²) in [5.74, 6) is -0.915. The Morgan fingerprint density at radius 2 is 2.36 bits per heavy atom. The van der Waals surface area contributed by atoms with Gasteiger partial charge >= 0.3 is 5.97 Å².